The molecule has 0 unspecified atom stereocenters. The Morgan fingerprint density at radius 3 is 3.00 bits per heavy atom. The van der Waals surface area contributed by atoms with Crippen LogP contribution in [0.1, 0.15) is 25.5 Å². The zero-order valence-corrected chi connectivity index (χ0v) is 7.84. The summed E-state index contributed by atoms with van der Waals surface area (Å²) in [5.74, 6) is 0. The molecule has 0 spiro atoms. The van der Waals surface area contributed by atoms with E-state index >= 15 is 0 Å². The SMILES string of the molecule is CCCCNCc1ccc(=O)[nH]n1. The average molecular weight is 181 g/mol. The third-order valence-electron chi connectivity index (χ3n) is 1.75. The second-order valence-electron chi connectivity index (χ2n) is 2.94. The number of unbranched alkanes of at least 4 members (excludes halogenated alkanes) is 1. The van der Waals surface area contributed by atoms with Gasteiger partial charge in [-0.15, -0.1) is 0 Å². The molecule has 2 N–H and O–H groups in total. The quantitative estimate of drug-likeness (QED) is 0.656. The van der Waals surface area contributed by atoms with E-state index in [2.05, 4.69) is 22.4 Å². The minimum atomic E-state index is -0.155. The molecular formula is C9H15N3O. The van der Waals surface area contributed by atoms with Gasteiger partial charge in [0.25, 0.3) is 5.56 Å². The summed E-state index contributed by atoms with van der Waals surface area (Å²) in [6.45, 7) is 3.87. The van der Waals surface area contributed by atoms with Crippen LogP contribution in [-0.2, 0) is 6.54 Å². The first kappa shape index (κ1) is 9.92. The van der Waals surface area contributed by atoms with Crippen molar-refractivity contribution in [3.8, 4) is 0 Å². The van der Waals surface area contributed by atoms with E-state index in [9.17, 15) is 4.79 Å². The summed E-state index contributed by atoms with van der Waals surface area (Å²) in [4.78, 5) is 10.7. The summed E-state index contributed by atoms with van der Waals surface area (Å²) in [5, 5.41) is 9.51. The van der Waals surface area contributed by atoms with Gasteiger partial charge in [0.05, 0.1) is 5.69 Å². The molecule has 0 radical (unpaired) electrons. The molecule has 0 aliphatic rings. The molecule has 0 aliphatic carbocycles. The molecule has 13 heavy (non-hydrogen) atoms. The lowest BCUT2D eigenvalue weighted by atomic mass is 10.3. The molecule has 1 heterocycles. The number of nitrogens with one attached hydrogen (secondary N) is 2. The first-order chi connectivity index (χ1) is 6.33. The Bertz CT molecular complexity index is 275. The molecule has 1 aromatic rings. The van der Waals surface area contributed by atoms with E-state index in [1.807, 2.05) is 0 Å². The molecule has 0 bridgehead atoms. The molecule has 72 valence electrons. The van der Waals surface area contributed by atoms with Crippen LogP contribution in [-0.4, -0.2) is 16.7 Å². The molecule has 0 saturated heterocycles. The maximum atomic E-state index is 10.7. The molecule has 0 aliphatic heterocycles. The zero-order valence-electron chi connectivity index (χ0n) is 7.84. The first-order valence-corrected chi connectivity index (χ1v) is 4.58. The molecule has 4 heteroatoms. The Balaban J connectivity index is 2.29. The van der Waals surface area contributed by atoms with E-state index in [0.29, 0.717) is 0 Å². The van der Waals surface area contributed by atoms with Gasteiger partial charge in [-0.2, -0.15) is 5.10 Å². The maximum absolute atomic E-state index is 10.7. The molecule has 0 amide bonds. The lowest BCUT2D eigenvalue weighted by Gasteiger charge is -2.01. The van der Waals surface area contributed by atoms with Crippen molar-refractivity contribution in [1.29, 1.82) is 0 Å². The summed E-state index contributed by atoms with van der Waals surface area (Å²) in [7, 11) is 0. The summed E-state index contributed by atoms with van der Waals surface area (Å²) in [5.41, 5.74) is 0.716. The van der Waals surface area contributed by atoms with Crippen molar-refractivity contribution in [3.63, 3.8) is 0 Å². The molecule has 0 aromatic carbocycles. The van der Waals surface area contributed by atoms with Crippen LogP contribution in [0.4, 0.5) is 0 Å². The van der Waals surface area contributed by atoms with E-state index in [0.717, 1.165) is 18.8 Å². The van der Waals surface area contributed by atoms with E-state index in [1.54, 1.807) is 6.07 Å². The average Bonchev–Trinajstić information content (AvgIpc) is 2.15. The van der Waals surface area contributed by atoms with Crippen molar-refractivity contribution in [2.45, 2.75) is 26.3 Å². The summed E-state index contributed by atoms with van der Waals surface area (Å²) >= 11 is 0. The fourth-order valence-corrected chi connectivity index (χ4v) is 0.990. The fraction of sp³-hybridized carbons (Fsp3) is 0.556. The Morgan fingerprint density at radius 1 is 1.54 bits per heavy atom. The van der Waals surface area contributed by atoms with Crippen LogP contribution in [0.5, 0.6) is 0 Å². The molecule has 0 fully saturated rings. The Labute approximate surface area is 77.4 Å². The Morgan fingerprint density at radius 2 is 2.38 bits per heavy atom. The normalized spacial score (nSPS) is 10.2. The molecule has 1 aromatic heterocycles. The van der Waals surface area contributed by atoms with Crippen LogP contribution < -0.4 is 10.9 Å². The van der Waals surface area contributed by atoms with E-state index < -0.39 is 0 Å². The van der Waals surface area contributed by atoms with Crippen molar-refractivity contribution in [3.05, 3.63) is 28.2 Å². The van der Waals surface area contributed by atoms with E-state index in [-0.39, 0.29) is 5.56 Å². The Hall–Kier alpha value is -1.16. The summed E-state index contributed by atoms with van der Waals surface area (Å²) in [6.07, 6.45) is 2.36. The fourth-order valence-electron chi connectivity index (χ4n) is 0.990. The highest BCUT2D eigenvalue weighted by molar-refractivity contribution is 4.98. The van der Waals surface area contributed by atoms with Gasteiger partial charge in [-0.05, 0) is 19.0 Å². The topological polar surface area (TPSA) is 57.8 Å². The molecule has 1 rings (SSSR count). The number of hydrogen-bond acceptors (Lipinski definition) is 3. The molecule has 0 saturated carbocycles. The van der Waals surface area contributed by atoms with Crippen molar-refractivity contribution >= 4 is 0 Å². The zero-order chi connectivity index (χ0) is 9.52. The second kappa shape index (κ2) is 5.48. The van der Waals surface area contributed by atoms with Gasteiger partial charge < -0.3 is 5.32 Å². The second-order valence-corrected chi connectivity index (χ2v) is 2.94. The number of aromatic amines is 1. The van der Waals surface area contributed by atoms with Crippen molar-refractivity contribution in [2.24, 2.45) is 0 Å². The monoisotopic (exact) mass is 181 g/mol. The van der Waals surface area contributed by atoms with Gasteiger partial charge in [0.2, 0.25) is 0 Å². The highest BCUT2D eigenvalue weighted by Gasteiger charge is 1.92. The molecular weight excluding hydrogens is 166 g/mol. The standard InChI is InChI=1S/C9H15N3O/c1-2-3-6-10-7-8-4-5-9(13)12-11-8/h4-5,10H,2-3,6-7H2,1H3,(H,12,13). The van der Waals surface area contributed by atoms with Crippen LogP contribution >= 0.6 is 0 Å². The van der Waals surface area contributed by atoms with Crippen LogP contribution in [0.15, 0.2) is 16.9 Å². The largest absolute Gasteiger partial charge is 0.311 e. The van der Waals surface area contributed by atoms with Gasteiger partial charge in [0.15, 0.2) is 0 Å². The Kier molecular flexibility index (Phi) is 4.18. The lowest BCUT2D eigenvalue weighted by molar-refractivity contribution is 0.627. The van der Waals surface area contributed by atoms with Gasteiger partial charge in [0.1, 0.15) is 0 Å². The number of hydrogen-bond donors (Lipinski definition) is 2. The number of H-pyrrole nitrogens is 1. The van der Waals surface area contributed by atoms with E-state index in [1.165, 1.54) is 18.9 Å². The highest BCUT2D eigenvalue weighted by Crippen LogP contribution is 1.88. The first-order valence-electron chi connectivity index (χ1n) is 4.58. The van der Waals surface area contributed by atoms with Gasteiger partial charge in [0, 0.05) is 12.6 Å². The predicted octanol–water partition coefficient (Wildman–Crippen LogP) is 0.660. The number of nitrogens with zero attached hydrogens (tertiary/aromatic N) is 1. The van der Waals surface area contributed by atoms with Gasteiger partial charge >= 0.3 is 0 Å². The van der Waals surface area contributed by atoms with Gasteiger partial charge in [-0.3, -0.25) is 4.79 Å². The predicted molar refractivity (Wildman–Crippen MR) is 51.5 cm³/mol. The van der Waals surface area contributed by atoms with Crippen molar-refractivity contribution in [1.82, 2.24) is 15.5 Å². The van der Waals surface area contributed by atoms with E-state index in [4.69, 9.17) is 0 Å². The summed E-state index contributed by atoms with van der Waals surface area (Å²) in [6, 6.07) is 3.22. The van der Waals surface area contributed by atoms with Crippen LogP contribution in [0.2, 0.25) is 0 Å². The van der Waals surface area contributed by atoms with Gasteiger partial charge in [-0.1, -0.05) is 13.3 Å². The molecule has 0 atom stereocenters. The highest BCUT2D eigenvalue weighted by atomic mass is 16.1. The van der Waals surface area contributed by atoms with Crippen LogP contribution in [0, 0.1) is 0 Å². The lowest BCUT2D eigenvalue weighted by Crippen LogP contribution is -2.17. The summed E-state index contributed by atoms with van der Waals surface area (Å²) < 4.78 is 0. The van der Waals surface area contributed by atoms with Crippen molar-refractivity contribution in [2.75, 3.05) is 6.54 Å². The van der Waals surface area contributed by atoms with Gasteiger partial charge in [-0.25, -0.2) is 5.10 Å². The minimum absolute atomic E-state index is 0.155. The smallest absolute Gasteiger partial charge is 0.264 e. The third-order valence-corrected chi connectivity index (χ3v) is 1.75. The minimum Gasteiger partial charge on any atom is -0.311 e. The van der Waals surface area contributed by atoms with Crippen LogP contribution in [0.25, 0.3) is 0 Å². The number of rotatable bonds is 5. The third kappa shape index (κ3) is 3.85. The van der Waals surface area contributed by atoms with Crippen LogP contribution in [0.3, 0.4) is 0 Å². The molecule has 4 nitrogen and oxygen atoms in total. The van der Waals surface area contributed by atoms with Crippen molar-refractivity contribution < 1.29 is 0 Å². The number of aromatic nitrogens is 2. The maximum Gasteiger partial charge on any atom is 0.264 e.